The summed E-state index contributed by atoms with van der Waals surface area (Å²) in [5, 5.41) is 2.35. The van der Waals surface area contributed by atoms with E-state index in [0.717, 1.165) is 30.5 Å². The first-order valence-electron chi connectivity index (χ1n) is 10.7. The minimum Gasteiger partial charge on any atom is -0.368 e. The lowest BCUT2D eigenvalue weighted by atomic mass is 9.93. The van der Waals surface area contributed by atoms with Crippen molar-refractivity contribution in [2.75, 3.05) is 23.3 Å². The Morgan fingerprint density at radius 3 is 2.21 bits per heavy atom. The first kappa shape index (κ1) is 31.1. The Morgan fingerprint density at radius 2 is 1.58 bits per heavy atom. The van der Waals surface area contributed by atoms with Gasteiger partial charge in [-0.2, -0.15) is 13.2 Å². The highest BCUT2D eigenvalue weighted by Crippen LogP contribution is 2.37. The molecule has 0 spiro atoms. The van der Waals surface area contributed by atoms with Gasteiger partial charge in [0, 0.05) is 25.3 Å². The van der Waals surface area contributed by atoms with E-state index in [1.807, 2.05) is 0 Å². The van der Waals surface area contributed by atoms with Crippen LogP contribution in [0.4, 0.5) is 42.1 Å². The molecule has 0 saturated carbocycles. The van der Waals surface area contributed by atoms with E-state index in [-0.39, 0.29) is 49.2 Å². The Bertz CT molecular complexity index is 1290. The van der Waals surface area contributed by atoms with E-state index in [0.29, 0.717) is 6.07 Å². The first-order chi connectivity index (χ1) is 17.0. The molecule has 1 aliphatic heterocycles. The molecule has 1 amide bonds. The van der Waals surface area contributed by atoms with Gasteiger partial charge >= 0.3 is 6.18 Å². The minimum absolute atomic E-state index is 0. The van der Waals surface area contributed by atoms with E-state index in [4.69, 9.17) is 5.73 Å². The lowest BCUT2D eigenvalue weighted by molar-refractivity contribution is -0.177. The number of piperidine rings is 1. The molecular weight excluding hydrogens is 564 g/mol. The molecule has 2 atom stereocenters. The fraction of sp³-hybridized carbons (Fsp3) is 0.250. The van der Waals surface area contributed by atoms with Crippen molar-refractivity contribution in [3.05, 3.63) is 77.6 Å². The molecule has 1 aliphatic rings. The summed E-state index contributed by atoms with van der Waals surface area (Å²) in [5.41, 5.74) is 3.14. The van der Waals surface area contributed by atoms with Gasteiger partial charge in [0.25, 0.3) is 5.91 Å². The summed E-state index contributed by atoms with van der Waals surface area (Å²) in [6.07, 6.45) is -2.30. The number of amides is 1. The number of pyridine rings is 1. The topological polar surface area (TPSA) is 71.2 Å². The van der Waals surface area contributed by atoms with E-state index >= 15 is 4.39 Å². The molecule has 4 rings (SSSR count). The van der Waals surface area contributed by atoms with Crippen LogP contribution in [0, 0.1) is 29.2 Å². The molecule has 0 bridgehead atoms. The summed E-state index contributed by atoms with van der Waals surface area (Å²) >= 11 is 0. The van der Waals surface area contributed by atoms with Crippen molar-refractivity contribution in [3.8, 4) is 11.1 Å². The average Bonchev–Trinajstić information content (AvgIpc) is 2.80. The van der Waals surface area contributed by atoms with Crippen molar-refractivity contribution in [3.63, 3.8) is 0 Å². The van der Waals surface area contributed by atoms with E-state index in [9.17, 15) is 31.1 Å². The fourth-order valence-electron chi connectivity index (χ4n) is 4.21. The molecule has 1 fully saturated rings. The number of carbonyl (C=O) groups is 1. The van der Waals surface area contributed by atoms with Crippen LogP contribution in [-0.2, 0) is 0 Å². The molecular formula is C24H21Cl2F7N4O. The number of alkyl halides is 3. The monoisotopic (exact) mass is 584 g/mol. The van der Waals surface area contributed by atoms with E-state index in [1.165, 1.54) is 17.2 Å². The third-order valence-electron chi connectivity index (χ3n) is 5.88. The number of anilines is 2. The molecule has 1 aromatic heterocycles. The maximum atomic E-state index is 15.2. The zero-order valence-corrected chi connectivity index (χ0v) is 20.9. The number of nitrogens with two attached hydrogens (primary N) is 1. The second-order valence-electron chi connectivity index (χ2n) is 8.37. The van der Waals surface area contributed by atoms with E-state index in [2.05, 4.69) is 10.3 Å². The van der Waals surface area contributed by atoms with Gasteiger partial charge < -0.3 is 16.0 Å². The van der Waals surface area contributed by atoms with Crippen LogP contribution in [0.25, 0.3) is 11.1 Å². The second-order valence-corrected chi connectivity index (χ2v) is 8.37. The number of aromatic nitrogens is 1. The zero-order valence-electron chi connectivity index (χ0n) is 19.2. The molecule has 3 aromatic rings. The van der Waals surface area contributed by atoms with Crippen molar-refractivity contribution >= 4 is 42.1 Å². The van der Waals surface area contributed by atoms with Gasteiger partial charge in [0.2, 0.25) is 0 Å². The van der Waals surface area contributed by atoms with Gasteiger partial charge in [-0.15, -0.1) is 24.8 Å². The smallest absolute Gasteiger partial charge is 0.368 e. The predicted molar refractivity (Wildman–Crippen MR) is 133 cm³/mol. The van der Waals surface area contributed by atoms with Gasteiger partial charge in [0.15, 0.2) is 0 Å². The third kappa shape index (κ3) is 6.30. The van der Waals surface area contributed by atoms with Gasteiger partial charge in [-0.3, -0.25) is 9.78 Å². The van der Waals surface area contributed by atoms with Gasteiger partial charge in [0.1, 0.15) is 23.3 Å². The highest BCUT2D eigenvalue weighted by molar-refractivity contribution is 6.06. The normalized spacial score (nSPS) is 17.3. The Kier molecular flexibility index (Phi) is 9.98. The number of nitrogens with zero attached hydrogens (tertiary/aromatic N) is 2. The van der Waals surface area contributed by atoms with Gasteiger partial charge in [0.05, 0.1) is 40.2 Å². The quantitative estimate of drug-likeness (QED) is 0.363. The van der Waals surface area contributed by atoms with Crippen molar-refractivity contribution in [2.24, 2.45) is 11.7 Å². The molecule has 0 radical (unpaired) electrons. The fourth-order valence-corrected chi connectivity index (χ4v) is 4.21. The van der Waals surface area contributed by atoms with Gasteiger partial charge in [-0.05, 0) is 36.8 Å². The summed E-state index contributed by atoms with van der Waals surface area (Å²) in [6, 6.07) is 4.67. The number of benzene rings is 2. The predicted octanol–water partition coefficient (Wildman–Crippen LogP) is 6.12. The van der Waals surface area contributed by atoms with Crippen LogP contribution in [0.1, 0.15) is 16.8 Å². The maximum absolute atomic E-state index is 15.2. The second kappa shape index (κ2) is 12.2. The number of carbonyl (C=O) groups excluding carboxylic acids is 1. The molecule has 5 nitrogen and oxygen atoms in total. The number of halogens is 9. The summed E-state index contributed by atoms with van der Waals surface area (Å²) < 4.78 is 98.1. The van der Waals surface area contributed by atoms with E-state index < -0.39 is 70.5 Å². The van der Waals surface area contributed by atoms with Gasteiger partial charge in [-0.25, -0.2) is 17.6 Å². The average molecular weight is 585 g/mol. The van der Waals surface area contributed by atoms with Crippen LogP contribution in [0.2, 0.25) is 0 Å². The minimum atomic E-state index is -4.48. The van der Waals surface area contributed by atoms with Crippen molar-refractivity contribution < 1.29 is 35.5 Å². The maximum Gasteiger partial charge on any atom is 0.393 e. The molecule has 14 heteroatoms. The molecule has 0 aliphatic carbocycles. The molecule has 2 heterocycles. The van der Waals surface area contributed by atoms with Crippen LogP contribution < -0.4 is 16.0 Å². The van der Waals surface area contributed by atoms with Crippen LogP contribution in [0.3, 0.4) is 0 Å². The third-order valence-corrected chi connectivity index (χ3v) is 5.88. The summed E-state index contributed by atoms with van der Waals surface area (Å²) in [6.45, 7) is -0.368. The molecule has 0 unspecified atom stereocenters. The Hall–Kier alpha value is -3.09. The standard InChI is InChI=1S/C24H19F7N4O.2ClH/c25-15-2-1-3-16(26)20(15)21-17(27)5-4-14(22(21)28)23(36)34-18-9-33-7-6-19(18)35-10-12(24(29,30)31)8-13(32)11-35;;/h1-7,9,12-13H,8,10-11,32H2,(H,34,36);2*1H/t12-,13+;;/m1../s1. The lowest BCUT2D eigenvalue weighted by Crippen LogP contribution is -2.51. The van der Waals surface area contributed by atoms with Crippen molar-refractivity contribution in [1.82, 2.24) is 4.98 Å². The Labute approximate surface area is 225 Å². The molecule has 1 saturated heterocycles. The zero-order chi connectivity index (χ0) is 26.2. The van der Waals surface area contributed by atoms with Crippen LogP contribution in [0.5, 0.6) is 0 Å². The number of hydrogen-bond acceptors (Lipinski definition) is 4. The Morgan fingerprint density at radius 1 is 0.947 bits per heavy atom. The molecule has 206 valence electrons. The molecule has 2 aromatic carbocycles. The van der Waals surface area contributed by atoms with Crippen LogP contribution in [0.15, 0.2) is 48.8 Å². The van der Waals surface area contributed by atoms with Crippen molar-refractivity contribution in [1.29, 1.82) is 0 Å². The van der Waals surface area contributed by atoms with Crippen LogP contribution in [-0.4, -0.2) is 36.2 Å². The number of nitrogens with one attached hydrogen (secondary N) is 1. The van der Waals surface area contributed by atoms with Gasteiger partial charge in [-0.1, -0.05) is 6.07 Å². The largest absolute Gasteiger partial charge is 0.393 e. The highest BCUT2D eigenvalue weighted by atomic mass is 35.5. The summed E-state index contributed by atoms with van der Waals surface area (Å²) in [5.74, 6) is -8.12. The first-order valence-corrected chi connectivity index (χ1v) is 10.7. The van der Waals surface area contributed by atoms with Crippen LogP contribution >= 0.6 is 24.8 Å². The summed E-state index contributed by atoms with van der Waals surface area (Å²) in [7, 11) is 0. The lowest BCUT2D eigenvalue weighted by Gasteiger charge is -2.39. The summed E-state index contributed by atoms with van der Waals surface area (Å²) in [4.78, 5) is 18.1. The SMILES string of the molecule is Cl.Cl.N[C@H]1C[C@@H](C(F)(F)F)CN(c2ccncc2NC(=O)c2ccc(F)c(-c3c(F)cccc3F)c2F)C1. The Balaban J connectivity index is 0.00000253. The number of hydrogen-bond donors (Lipinski definition) is 2. The molecule has 3 N–H and O–H groups in total. The molecule has 38 heavy (non-hydrogen) atoms. The highest BCUT2D eigenvalue weighted by Gasteiger charge is 2.44. The van der Waals surface area contributed by atoms with E-state index in [1.54, 1.807) is 0 Å². The number of rotatable bonds is 4. The van der Waals surface area contributed by atoms with Crippen molar-refractivity contribution in [2.45, 2.75) is 18.6 Å².